The van der Waals surface area contributed by atoms with Crippen molar-refractivity contribution >= 4 is 6.41 Å². The summed E-state index contributed by atoms with van der Waals surface area (Å²) in [6.07, 6.45) is 19.5. The molecule has 234 valence electrons. The van der Waals surface area contributed by atoms with Crippen LogP contribution in [0.25, 0.3) is 0 Å². The van der Waals surface area contributed by atoms with Gasteiger partial charge in [-0.3, -0.25) is 4.79 Å². The molecule has 4 nitrogen and oxygen atoms in total. The first kappa shape index (κ1) is 34.5. The molecule has 0 saturated heterocycles. The van der Waals surface area contributed by atoms with E-state index in [-0.39, 0.29) is 6.04 Å². The van der Waals surface area contributed by atoms with E-state index in [1.54, 1.807) is 0 Å². The summed E-state index contributed by atoms with van der Waals surface area (Å²) in [5.74, 6) is 0. The maximum atomic E-state index is 11.5. The van der Waals surface area contributed by atoms with Crippen molar-refractivity contribution in [3.05, 3.63) is 108 Å². The molecule has 0 aliphatic heterocycles. The molecular weight excluding hydrogens is 530 g/mol. The molecule has 0 radical (unpaired) electrons. The second-order valence-electron chi connectivity index (χ2n) is 11.7. The van der Waals surface area contributed by atoms with Gasteiger partial charge in [-0.2, -0.15) is 0 Å². The van der Waals surface area contributed by atoms with E-state index in [1.165, 1.54) is 83.5 Å². The predicted octanol–water partition coefficient (Wildman–Crippen LogP) is 9.61. The number of rotatable bonds is 25. The molecule has 0 fully saturated rings. The van der Waals surface area contributed by atoms with Crippen LogP contribution in [0.3, 0.4) is 0 Å². The van der Waals surface area contributed by atoms with E-state index in [9.17, 15) is 4.79 Å². The van der Waals surface area contributed by atoms with Gasteiger partial charge in [0.15, 0.2) is 0 Å². The van der Waals surface area contributed by atoms with Crippen molar-refractivity contribution in [2.24, 2.45) is 0 Å². The molecule has 0 aromatic heterocycles. The molecule has 0 unspecified atom stereocenters. The Morgan fingerprint density at radius 3 is 1.37 bits per heavy atom. The molecule has 0 heterocycles. The van der Waals surface area contributed by atoms with Gasteiger partial charge in [0.2, 0.25) is 6.41 Å². The van der Waals surface area contributed by atoms with Crippen LogP contribution >= 0.6 is 0 Å². The van der Waals surface area contributed by atoms with Crippen molar-refractivity contribution in [1.29, 1.82) is 0 Å². The van der Waals surface area contributed by atoms with Crippen LogP contribution in [0.4, 0.5) is 0 Å². The normalized spacial score (nSPS) is 12.2. The molecule has 0 spiro atoms. The quantitative estimate of drug-likeness (QED) is 0.0612. The molecule has 4 heteroatoms. The van der Waals surface area contributed by atoms with Gasteiger partial charge >= 0.3 is 0 Å². The number of carbonyl (C=O) groups is 1. The summed E-state index contributed by atoms with van der Waals surface area (Å²) >= 11 is 0. The highest BCUT2D eigenvalue weighted by atomic mass is 16.5. The zero-order valence-electron chi connectivity index (χ0n) is 26.6. The van der Waals surface area contributed by atoms with Crippen molar-refractivity contribution in [1.82, 2.24) is 5.32 Å². The minimum Gasteiger partial charge on any atom is -0.379 e. The SMILES string of the molecule is CCCCCCCCCCCCCCCCOC[C@H](COC(c1ccccc1)(c1ccccc1)c1ccccc1)NC=O. The zero-order chi connectivity index (χ0) is 30.3. The summed E-state index contributed by atoms with van der Waals surface area (Å²) in [4.78, 5) is 11.5. The van der Waals surface area contributed by atoms with E-state index in [4.69, 9.17) is 9.47 Å². The second kappa shape index (κ2) is 21.7. The van der Waals surface area contributed by atoms with Gasteiger partial charge in [-0.15, -0.1) is 0 Å². The van der Waals surface area contributed by atoms with Crippen molar-refractivity contribution in [2.75, 3.05) is 19.8 Å². The number of carbonyl (C=O) groups excluding carboxylic acids is 1. The van der Waals surface area contributed by atoms with Crippen LogP contribution in [0.2, 0.25) is 0 Å². The minimum absolute atomic E-state index is 0.250. The minimum atomic E-state index is -0.818. The van der Waals surface area contributed by atoms with Crippen LogP contribution in [0.5, 0.6) is 0 Å². The zero-order valence-corrected chi connectivity index (χ0v) is 26.6. The Kier molecular flexibility index (Phi) is 17.4. The van der Waals surface area contributed by atoms with Gasteiger partial charge in [0.05, 0.1) is 19.3 Å². The second-order valence-corrected chi connectivity index (χ2v) is 11.7. The first-order chi connectivity index (χ1) is 21.3. The van der Waals surface area contributed by atoms with Crippen molar-refractivity contribution in [3.63, 3.8) is 0 Å². The van der Waals surface area contributed by atoms with Gasteiger partial charge < -0.3 is 14.8 Å². The lowest BCUT2D eigenvalue weighted by Gasteiger charge is -2.37. The van der Waals surface area contributed by atoms with Gasteiger partial charge in [0, 0.05) is 6.61 Å². The molecule has 0 bridgehead atoms. The molecule has 3 rings (SSSR count). The summed E-state index contributed by atoms with van der Waals surface area (Å²) in [7, 11) is 0. The van der Waals surface area contributed by atoms with Crippen LogP contribution in [-0.4, -0.2) is 32.3 Å². The Labute approximate surface area is 261 Å². The lowest BCUT2D eigenvalue weighted by molar-refractivity contribution is -0.111. The lowest BCUT2D eigenvalue weighted by atomic mass is 9.80. The number of ether oxygens (including phenoxy) is 2. The van der Waals surface area contributed by atoms with E-state index in [2.05, 4.69) is 48.6 Å². The number of benzene rings is 3. The summed E-state index contributed by atoms with van der Waals surface area (Å²) in [6, 6.07) is 30.7. The third-order valence-electron chi connectivity index (χ3n) is 8.31. The van der Waals surface area contributed by atoms with Crippen molar-refractivity contribution in [3.8, 4) is 0 Å². The Morgan fingerprint density at radius 1 is 0.581 bits per heavy atom. The number of hydrogen-bond donors (Lipinski definition) is 1. The van der Waals surface area contributed by atoms with E-state index in [0.29, 0.717) is 19.8 Å². The monoisotopic (exact) mass is 585 g/mol. The summed E-state index contributed by atoms with van der Waals surface area (Å²) in [5, 5.41) is 2.93. The predicted molar refractivity (Wildman–Crippen MR) is 179 cm³/mol. The van der Waals surface area contributed by atoms with Gasteiger partial charge in [0.25, 0.3) is 0 Å². The lowest BCUT2D eigenvalue weighted by Crippen LogP contribution is -2.42. The first-order valence-corrected chi connectivity index (χ1v) is 16.9. The molecule has 43 heavy (non-hydrogen) atoms. The molecule has 3 aromatic carbocycles. The number of nitrogens with one attached hydrogen (secondary N) is 1. The highest BCUT2D eigenvalue weighted by Gasteiger charge is 2.38. The Bertz CT molecular complexity index is 977. The average molecular weight is 586 g/mol. The van der Waals surface area contributed by atoms with E-state index in [0.717, 1.165) is 29.5 Å². The number of hydrogen-bond acceptors (Lipinski definition) is 3. The van der Waals surface area contributed by atoms with E-state index in [1.807, 2.05) is 54.6 Å². The van der Waals surface area contributed by atoms with Gasteiger partial charge in [-0.25, -0.2) is 0 Å². The maximum Gasteiger partial charge on any atom is 0.207 e. The number of amides is 1. The fraction of sp³-hybridized carbons (Fsp3) is 0.513. The topological polar surface area (TPSA) is 47.6 Å². The van der Waals surface area contributed by atoms with Crippen LogP contribution in [0.1, 0.15) is 114 Å². The molecule has 0 aliphatic carbocycles. The van der Waals surface area contributed by atoms with E-state index < -0.39 is 5.60 Å². The molecule has 3 aromatic rings. The van der Waals surface area contributed by atoms with Crippen LogP contribution in [0.15, 0.2) is 91.0 Å². The molecule has 1 N–H and O–H groups in total. The molecule has 0 aliphatic rings. The van der Waals surface area contributed by atoms with Crippen LogP contribution < -0.4 is 5.32 Å². The Morgan fingerprint density at radius 2 is 0.977 bits per heavy atom. The molecule has 1 amide bonds. The highest BCUT2D eigenvalue weighted by Crippen LogP contribution is 2.40. The Hall–Kier alpha value is -2.95. The largest absolute Gasteiger partial charge is 0.379 e. The third-order valence-corrected chi connectivity index (χ3v) is 8.31. The smallest absolute Gasteiger partial charge is 0.207 e. The average Bonchev–Trinajstić information content (AvgIpc) is 3.06. The fourth-order valence-electron chi connectivity index (χ4n) is 5.86. The van der Waals surface area contributed by atoms with E-state index >= 15 is 0 Å². The van der Waals surface area contributed by atoms with Gasteiger partial charge in [0.1, 0.15) is 5.60 Å². The maximum absolute atomic E-state index is 11.5. The summed E-state index contributed by atoms with van der Waals surface area (Å²) in [6.45, 7) is 3.72. The van der Waals surface area contributed by atoms with Gasteiger partial charge in [-0.1, -0.05) is 181 Å². The third kappa shape index (κ3) is 12.3. The summed E-state index contributed by atoms with van der Waals surface area (Å²) in [5.41, 5.74) is 2.31. The van der Waals surface area contributed by atoms with Crippen molar-refractivity contribution < 1.29 is 14.3 Å². The Balaban J connectivity index is 1.43. The number of unbranched alkanes of at least 4 members (excludes halogenated alkanes) is 13. The fourth-order valence-corrected chi connectivity index (χ4v) is 5.86. The molecule has 0 saturated carbocycles. The molecule has 1 atom stereocenters. The molecular formula is C39H55NO3. The highest BCUT2D eigenvalue weighted by molar-refractivity contribution is 5.48. The van der Waals surface area contributed by atoms with Crippen LogP contribution in [-0.2, 0) is 19.9 Å². The van der Waals surface area contributed by atoms with Crippen molar-refractivity contribution in [2.45, 2.75) is 108 Å². The van der Waals surface area contributed by atoms with Crippen LogP contribution in [0, 0.1) is 0 Å². The summed E-state index contributed by atoms with van der Waals surface area (Å²) < 4.78 is 12.9. The van der Waals surface area contributed by atoms with Gasteiger partial charge in [-0.05, 0) is 23.1 Å². The standard InChI is InChI=1S/C39H55NO3/c1-2-3-4-5-6-7-8-9-10-11-12-13-14-24-31-42-32-38(40-34-41)33-43-39(35-25-18-15-19-26-35,36-27-20-16-21-28-36)37-29-22-17-23-30-37/h15-23,25-30,34,38H,2-14,24,31-33H2,1H3,(H,40,41)/t38-/m1/s1. The first-order valence-electron chi connectivity index (χ1n) is 16.9.